The number of anilines is 1. The highest BCUT2D eigenvalue weighted by Gasteiger charge is 2.13. The van der Waals surface area contributed by atoms with E-state index < -0.39 is 6.09 Å². The fourth-order valence-corrected chi connectivity index (χ4v) is 2.47. The van der Waals surface area contributed by atoms with Gasteiger partial charge in [-0.2, -0.15) is 0 Å². The van der Waals surface area contributed by atoms with Crippen LogP contribution in [0.4, 0.5) is 10.5 Å². The first-order valence-electron chi connectivity index (χ1n) is 7.11. The van der Waals surface area contributed by atoms with Crippen molar-refractivity contribution in [1.82, 2.24) is 0 Å². The Morgan fingerprint density at radius 2 is 1.75 bits per heavy atom. The lowest BCUT2D eigenvalue weighted by Crippen LogP contribution is -2.17. The molecule has 3 aromatic rings. The third kappa shape index (κ3) is 3.36. The third-order valence-electron chi connectivity index (χ3n) is 3.43. The number of rotatable bonds is 3. The quantitative estimate of drug-likeness (QED) is 0.715. The van der Waals surface area contributed by atoms with E-state index in [1.165, 1.54) is 13.2 Å². The van der Waals surface area contributed by atoms with E-state index in [2.05, 4.69) is 5.32 Å². The second kappa shape index (κ2) is 6.68. The molecule has 0 radical (unpaired) electrons. The number of ether oxygens (including phenoxy) is 2. The molecule has 1 amide bonds. The van der Waals surface area contributed by atoms with Gasteiger partial charge in [0.15, 0.2) is 11.5 Å². The van der Waals surface area contributed by atoms with Gasteiger partial charge in [-0.05, 0) is 41.1 Å². The van der Waals surface area contributed by atoms with Gasteiger partial charge in [0.25, 0.3) is 0 Å². The smallest absolute Gasteiger partial charge is 0.417 e. The predicted octanol–water partition coefficient (Wildman–Crippen LogP) is 4.82. The van der Waals surface area contributed by atoms with Crippen LogP contribution < -0.4 is 14.8 Å². The van der Waals surface area contributed by atoms with Gasteiger partial charge < -0.3 is 14.6 Å². The summed E-state index contributed by atoms with van der Waals surface area (Å²) in [7, 11) is 1.48. The third-order valence-corrected chi connectivity index (χ3v) is 3.66. The molecule has 6 heteroatoms. The van der Waals surface area contributed by atoms with Gasteiger partial charge in [0.1, 0.15) is 5.75 Å². The number of fused-ring (bicyclic) bond motifs is 1. The van der Waals surface area contributed by atoms with Crippen LogP contribution in [0, 0.1) is 0 Å². The average Bonchev–Trinajstić information content (AvgIpc) is 2.55. The summed E-state index contributed by atoms with van der Waals surface area (Å²) in [6.45, 7) is 0. The van der Waals surface area contributed by atoms with Crippen LogP contribution in [-0.4, -0.2) is 18.3 Å². The molecule has 122 valence electrons. The van der Waals surface area contributed by atoms with Crippen LogP contribution in [0.25, 0.3) is 10.8 Å². The maximum atomic E-state index is 12.1. The normalized spacial score (nSPS) is 10.4. The van der Waals surface area contributed by atoms with Crippen LogP contribution in [0.15, 0.2) is 54.6 Å². The van der Waals surface area contributed by atoms with Crippen LogP contribution in [0.1, 0.15) is 0 Å². The fraction of sp³-hybridized carbons (Fsp3) is 0.0556. The summed E-state index contributed by atoms with van der Waals surface area (Å²) in [5.41, 5.74) is 0.371. The minimum absolute atomic E-state index is 0.0622. The van der Waals surface area contributed by atoms with Gasteiger partial charge in [0, 0.05) is 5.02 Å². The first kappa shape index (κ1) is 16.0. The molecule has 0 saturated heterocycles. The monoisotopic (exact) mass is 343 g/mol. The summed E-state index contributed by atoms with van der Waals surface area (Å²) in [6, 6.07) is 15.4. The summed E-state index contributed by atoms with van der Waals surface area (Å²) in [4.78, 5) is 12.1. The second-order valence-corrected chi connectivity index (χ2v) is 5.46. The fourth-order valence-electron chi connectivity index (χ4n) is 2.30. The Bertz CT molecular complexity index is 911. The zero-order chi connectivity index (χ0) is 17.1. The van der Waals surface area contributed by atoms with E-state index in [0.29, 0.717) is 16.5 Å². The molecule has 24 heavy (non-hydrogen) atoms. The molecule has 0 aliphatic rings. The first-order valence-corrected chi connectivity index (χ1v) is 7.49. The molecule has 0 atom stereocenters. The van der Waals surface area contributed by atoms with Crippen LogP contribution in [-0.2, 0) is 0 Å². The number of aromatic hydroxyl groups is 1. The molecule has 0 aliphatic carbocycles. The summed E-state index contributed by atoms with van der Waals surface area (Å²) in [5.74, 6) is 0.383. The van der Waals surface area contributed by atoms with Gasteiger partial charge in [-0.25, -0.2) is 4.79 Å². The van der Waals surface area contributed by atoms with Crippen LogP contribution in [0.3, 0.4) is 0 Å². The van der Waals surface area contributed by atoms with Crippen molar-refractivity contribution < 1.29 is 19.4 Å². The number of benzene rings is 3. The number of carbonyl (C=O) groups excluding carboxylic acids is 1. The van der Waals surface area contributed by atoms with Gasteiger partial charge in [-0.3, -0.25) is 5.32 Å². The molecular weight excluding hydrogens is 330 g/mol. The minimum Gasteiger partial charge on any atom is -0.504 e. The maximum absolute atomic E-state index is 12.1. The number of phenols is 1. The standard InChI is InChI=1S/C18H14ClNO4/c1-23-16-7-6-13(19)10-14(16)20-18(22)24-17-9-12-5-3-2-4-11(12)8-15(17)21/h2-10,21H,1H3,(H,20,22). The molecule has 0 spiro atoms. The van der Waals surface area contributed by atoms with Gasteiger partial charge in [-0.1, -0.05) is 35.9 Å². The maximum Gasteiger partial charge on any atom is 0.417 e. The lowest BCUT2D eigenvalue weighted by Gasteiger charge is -2.12. The highest BCUT2D eigenvalue weighted by Crippen LogP contribution is 2.32. The van der Waals surface area contributed by atoms with E-state index in [-0.39, 0.29) is 11.5 Å². The lowest BCUT2D eigenvalue weighted by atomic mass is 10.1. The molecule has 0 aliphatic heterocycles. The Morgan fingerprint density at radius 3 is 2.46 bits per heavy atom. The molecule has 2 N–H and O–H groups in total. The largest absolute Gasteiger partial charge is 0.504 e. The van der Waals surface area contributed by atoms with Crippen molar-refractivity contribution >= 4 is 34.2 Å². The zero-order valence-electron chi connectivity index (χ0n) is 12.7. The summed E-state index contributed by atoms with van der Waals surface area (Å²) < 4.78 is 10.4. The Hall–Kier alpha value is -2.92. The van der Waals surface area contributed by atoms with E-state index in [4.69, 9.17) is 21.1 Å². The van der Waals surface area contributed by atoms with Crippen LogP contribution in [0.5, 0.6) is 17.2 Å². The Kier molecular flexibility index (Phi) is 4.44. The summed E-state index contributed by atoms with van der Waals surface area (Å²) in [6.07, 6.45) is -0.763. The van der Waals surface area contributed by atoms with Crippen molar-refractivity contribution in [2.24, 2.45) is 0 Å². The van der Waals surface area contributed by atoms with Crippen molar-refractivity contribution in [3.63, 3.8) is 0 Å². The second-order valence-electron chi connectivity index (χ2n) is 5.03. The van der Waals surface area contributed by atoms with E-state index >= 15 is 0 Å². The SMILES string of the molecule is COc1ccc(Cl)cc1NC(=O)Oc1cc2ccccc2cc1O. The number of carbonyl (C=O) groups is 1. The number of amides is 1. The van der Waals surface area contributed by atoms with Gasteiger partial charge in [0.05, 0.1) is 12.8 Å². The molecule has 0 bridgehead atoms. The number of methoxy groups -OCH3 is 1. The van der Waals surface area contributed by atoms with E-state index in [1.807, 2.05) is 24.3 Å². The zero-order valence-corrected chi connectivity index (χ0v) is 13.5. The molecule has 3 aromatic carbocycles. The molecule has 0 aromatic heterocycles. The van der Waals surface area contributed by atoms with E-state index in [0.717, 1.165) is 10.8 Å². The van der Waals surface area contributed by atoms with Gasteiger partial charge in [-0.15, -0.1) is 0 Å². The molecular formula is C18H14ClNO4. The molecule has 0 unspecified atom stereocenters. The van der Waals surface area contributed by atoms with Crippen molar-refractivity contribution in [2.45, 2.75) is 0 Å². The molecule has 3 rings (SSSR count). The van der Waals surface area contributed by atoms with Crippen LogP contribution in [0.2, 0.25) is 5.02 Å². The highest BCUT2D eigenvalue weighted by molar-refractivity contribution is 6.31. The Labute approximate surface area is 143 Å². The Balaban J connectivity index is 1.83. The minimum atomic E-state index is -0.763. The average molecular weight is 344 g/mol. The number of halogens is 1. The predicted molar refractivity (Wildman–Crippen MR) is 93.3 cm³/mol. The number of hydrogen-bond donors (Lipinski definition) is 2. The van der Waals surface area contributed by atoms with Crippen molar-refractivity contribution in [3.8, 4) is 17.2 Å². The number of nitrogens with one attached hydrogen (secondary N) is 1. The van der Waals surface area contributed by atoms with Gasteiger partial charge in [0.2, 0.25) is 0 Å². The number of hydrogen-bond acceptors (Lipinski definition) is 4. The van der Waals surface area contributed by atoms with Crippen molar-refractivity contribution in [1.29, 1.82) is 0 Å². The van der Waals surface area contributed by atoms with E-state index in [1.54, 1.807) is 24.3 Å². The highest BCUT2D eigenvalue weighted by atomic mass is 35.5. The summed E-state index contributed by atoms with van der Waals surface area (Å²) in [5, 5.41) is 14.7. The van der Waals surface area contributed by atoms with Crippen molar-refractivity contribution in [3.05, 3.63) is 59.6 Å². The topological polar surface area (TPSA) is 67.8 Å². The molecule has 5 nitrogen and oxygen atoms in total. The van der Waals surface area contributed by atoms with Crippen LogP contribution >= 0.6 is 11.6 Å². The molecule has 0 saturated carbocycles. The van der Waals surface area contributed by atoms with Crippen molar-refractivity contribution in [2.75, 3.05) is 12.4 Å². The Morgan fingerprint density at radius 1 is 1.04 bits per heavy atom. The van der Waals surface area contributed by atoms with E-state index in [9.17, 15) is 9.90 Å². The molecule has 0 heterocycles. The lowest BCUT2D eigenvalue weighted by molar-refractivity contribution is 0.213. The number of phenolic OH excluding ortho intramolecular Hbond substituents is 1. The first-order chi connectivity index (χ1) is 11.6. The summed E-state index contributed by atoms with van der Waals surface area (Å²) >= 11 is 5.92. The van der Waals surface area contributed by atoms with Gasteiger partial charge >= 0.3 is 6.09 Å². The molecule has 0 fully saturated rings.